The lowest BCUT2D eigenvalue weighted by molar-refractivity contribution is 0.284. The molecule has 7 nitrogen and oxygen atoms in total. The Hall–Kier alpha value is -2.49. The molecule has 188 valence electrons. The van der Waals surface area contributed by atoms with E-state index in [0.717, 1.165) is 35.1 Å². The topological polar surface area (TPSA) is 74.1 Å². The lowest BCUT2D eigenvalue weighted by Crippen LogP contribution is -2.16. The number of hydrogen-bond acceptors (Lipinski definition) is 7. The molecule has 4 rings (SSSR count). The Bertz CT molecular complexity index is 1270. The molecule has 3 aromatic carbocycles. The van der Waals surface area contributed by atoms with Crippen molar-refractivity contribution in [1.29, 1.82) is 0 Å². The van der Waals surface area contributed by atoms with E-state index in [2.05, 4.69) is 20.8 Å². The van der Waals surface area contributed by atoms with Crippen LogP contribution in [0.5, 0.6) is 11.5 Å². The summed E-state index contributed by atoms with van der Waals surface area (Å²) in [5, 5.41) is 17.9. The minimum atomic E-state index is 0.202. The molecule has 0 unspecified atom stereocenters. The fourth-order valence-electron chi connectivity index (χ4n) is 3.39. The fourth-order valence-corrected chi connectivity index (χ4v) is 4.95. The second kappa shape index (κ2) is 13.2. The first-order valence-electron chi connectivity index (χ1n) is 11.2. The highest BCUT2D eigenvalue weighted by Gasteiger charge is 2.13. The molecule has 1 aromatic heterocycles. The predicted octanol–water partition coefficient (Wildman–Crippen LogP) is 6.48. The molecule has 0 bridgehead atoms. The largest absolute Gasteiger partial charge is 0.493 e. The number of aromatic nitrogens is 4. The quantitative estimate of drug-likeness (QED) is 0.156. The van der Waals surface area contributed by atoms with Gasteiger partial charge in [0.15, 0.2) is 11.5 Å². The van der Waals surface area contributed by atoms with E-state index < -0.39 is 0 Å². The van der Waals surface area contributed by atoms with Crippen molar-refractivity contribution in [1.82, 2.24) is 25.5 Å². The van der Waals surface area contributed by atoms with Crippen molar-refractivity contribution in [3.05, 3.63) is 86.9 Å². The average Bonchev–Trinajstić information content (AvgIpc) is 3.36. The lowest BCUT2D eigenvalue weighted by atomic mass is 10.2. The molecule has 0 fully saturated rings. The minimum Gasteiger partial charge on any atom is -0.493 e. The second-order valence-corrected chi connectivity index (χ2v) is 9.95. The van der Waals surface area contributed by atoms with Crippen molar-refractivity contribution >= 4 is 46.6 Å². The third-order valence-electron chi connectivity index (χ3n) is 5.25. The standard InChI is InChI=1S/C25H24Cl3N5O2S/c1-34-23-13-17(22(28)14-24(23)35-16-19-20(26)9-5-10-21(19)27)15-29-11-6-12-36-25-30-31-32-33(25)18-7-3-2-4-8-18/h2-5,7-10,13-14,29H,6,11-12,15-16H2,1H3. The second-order valence-electron chi connectivity index (χ2n) is 7.67. The van der Waals surface area contributed by atoms with E-state index in [1.807, 2.05) is 36.4 Å². The van der Waals surface area contributed by atoms with Crippen LogP contribution in [0.2, 0.25) is 15.1 Å². The van der Waals surface area contributed by atoms with E-state index in [1.54, 1.807) is 47.8 Å². The van der Waals surface area contributed by atoms with Crippen molar-refractivity contribution in [2.45, 2.75) is 24.7 Å². The molecule has 0 aliphatic rings. The Morgan fingerprint density at radius 1 is 0.944 bits per heavy atom. The molecule has 1 heterocycles. The van der Waals surface area contributed by atoms with Crippen LogP contribution >= 0.6 is 46.6 Å². The third kappa shape index (κ3) is 6.83. The lowest BCUT2D eigenvalue weighted by Gasteiger charge is -2.15. The maximum Gasteiger partial charge on any atom is 0.214 e. The van der Waals surface area contributed by atoms with Crippen molar-refractivity contribution in [3.63, 3.8) is 0 Å². The van der Waals surface area contributed by atoms with E-state index in [0.29, 0.717) is 38.7 Å². The number of ether oxygens (including phenoxy) is 2. The van der Waals surface area contributed by atoms with Crippen LogP contribution in [-0.4, -0.2) is 39.6 Å². The summed E-state index contributed by atoms with van der Waals surface area (Å²) >= 11 is 20.6. The molecule has 11 heteroatoms. The van der Waals surface area contributed by atoms with Gasteiger partial charge in [-0.15, -0.1) is 5.10 Å². The molecule has 1 N–H and O–H groups in total. The highest BCUT2D eigenvalue weighted by molar-refractivity contribution is 7.99. The first-order valence-corrected chi connectivity index (χ1v) is 13.3. The Labute approximate surface area is 229 Å². The van der Waals surface area contributed by atoms with E-state index >= 15 is 0 Å². The normalized spacial score (nSPS) is 11.0. The number of hydrogen-bond donors (Lipinski definition) is 1. The van der Waals surface area contributed by atoms with Gasteiger partial charge in [0.05, 0.1) is 12.8 Å². The van der Waals surface area contributed by atoms with Gasteiger partial charge in [-0.1, -0.05) is 70.8 Å². The number of nitrogens with zero attached hydrogens (tertiary/aromatic N) is 4. The van der Waals surface area contributed by atoms with Gasteiger partial charge in [0, 0.05) is 39.0 Å². The Kier molecular flexibility index (Phi) is 9.72. The van der Waals surface area contributed by atoms with Crippen LogP contribution in [-0.2, 0) is 13.2 Å². The molecule has 0 saturated heterocycles. The van der Waals surface area contributed by atoms with Gasteiger partial charge in [-0.25, -0.2) is 0 Å². The van der Waals surface area contributed by atoms with Crippen molar-refractivity contribution in [2.75, 3.05) is 19.4 Å². The molecule has 0 atom stereocenters. The SMILES string of the molecule is COc1cc(CNCCCSc2nnnn2-c2ccccc2)c(Cl)cc1OCc1c(Cl)cccc1Cl. The van der Waals surface area contributed by atoms with E-state index in [9.17, 15) is 0 Å². The van der Waals surface area contributed by atoms with Crippen molar-refractivity contribution in [3.8, 4) is 17.2 Å². The van der Waals surface area contributed by atoms with Crippen LogP contribution in [0.3, 0.4) is 0 Å². The zero-order valence-electron chi connectivity index (χ0n) is 19.5. The molecule has 0 saturated carbocycles. The van der Waals surface area contributed by atoms with Crippen LogP contribution in [0, 0.1) is 0 Å². The fraction of sp³-hybridized carbons (Fsp3) is 0.240. The number of para-hydroxylation sites is 1. The number of halogens is 3. The molecule has 0 amide bonds. The first kappa shape index (κ1) is 26.6. The molecular weight excluding hydrogens is 541 g/mol. The van der Waals surface area contributed by atoms with Gasteiger partial charge in [-0.05, 0) is 59.3 Å². The van der Waals surface area contributed by atoms with Crippen LogP contribution in [0.15, 0.2) is 65.8 Å². The van der Waals surface area contributed by atoms with Crippen LogP contribution in [0.25, 0.3) is 5.69 Å². The maximum absolute atomic E-state index is 6.53. The summed E-state index contributed by atoms with van der Waals surface area (Å²) in [4.78, 5) is 0. The number of tetrazole rings is 1. The third-order valence-corrected chi connectivity index (χ3v) is 7.32. The highest BCUT2D eigenvalue weighted by Crippen LogP contribution is 2.35. The van der Waals surface area contributed by atoms with Crippen molar-refractivity contribution in [2.24, 2.45) is 0 Å². The van der Waals surface area contributed by atoms with Gasteiger partial charge in [0.1, 0.15) is 6.61 Å². The summed E-state index contributed by atoms with van der Waals surface area (Å²) in [5.74, 6) is 1.98. The molecule has 0 aliphatic heterocycles. The molecule has 4 aromatic rings. The van der Waals surface area contributed by atoms with E-state index in [4.69, 9.17) is 44.3 Å². The van der Waals surface area contributed by atoms with Crippen LogP contribution in [0.1, 0.15) is 17.5 Å². The number of methoxy groups -OCH3 is 1. The Morgan fingerprint density at radius 2 is 1.72 bits per heavy atom. The van der Waals surface area contributed by atoms with Gasteiger partial charge >= 0.3 is 0 Å². The summed E-state index contributed by atoms with van der Waals surface area (Å²) in [6.45, 7) is 1.61. The summed E-state index contributed by atoms with van der Waals surface area (Å²) in [7, 11) is 1.59. The Balaban J connectivity index is 1.26. The predicted molar refractivity (Wildman–Crippen MR) is 145 cm³/mol. The molecule has 36 heavy (non-hydrogen) atoms. The maximum atomic E-state index is 6.53. The highest BCUT2D eigenvalue weighted by atomic mass is 35.5. The molecule has 0 radical (unpaired) electrons. The van der Waals surface area contributed by atoms with Crippen LogP contribution < -0.4 is 14.8 Å². The molecule has 0 spiro atoms. The zero-order valence-corrected chi connectivity index (χ0v) is 22.5. The number of nitrogens with one attached hydrogen (secondary N) is 1. The van der Waals surface area contributed by atoms with Gasteiger partial charge in [-0.2, -0.15) is 4.68 Å². The van der Waals surface area contributed by atoms with E-state index in [-0.39, 0.29) is 6.61 Å². The number of thioether (sulfide) groups is 1. The van der Waals surface area contributed by atoms with Crippen LogP contribution in [0.4, 0.5) is 0 Å². The summed E-state index contributed by atoms with van der Waals surface area (Å²) in [6, 6.07) is 18.8. The summed E-state index contributed by atoms with van der Waals surface area (Å²) < 4.78 is 13.2. The number of rotatable bonds is 12. The Morgan fingerprint density at radius 3 is 2.47 bits per heavy atom. The van der Waals surface area contributed by atoms with Gasteiger partial charge in [-0.3, -0.25) is 0 Å². The van der Waals surface area contributed by atoms with Gasteiger partial charge in [0.2, 0.25) is 5.16 Å². The first-order chi connectivity index (χ1) is 17.6. The smallest absolute Gasteiger partial charge is 0.214 e. The van der Waals surface area contributed by atoms with E-state index in [1.165, 1.54) is 0 Å². The number of benzene rings is 3. The van der Waals surface area contributed by atoms with Crippen molar-refractivity contribution < 1.29 is 9.47 Å². The molecule has 0 aliphatic carbocycles. The zero-order chi connectivity index (χ0) is 25.3. The minimum absolute atomic E-state index is 0.202. The van der Waals surface area contributed by atoms with Gasteiger partial charge in [0.25, 0.3) is 0 Å². The monoisotopic (exact) mass is 563 g/mol. The molecular formula is C25H24Cl3N5O2S. The van der Waals surface area contributed by atoms with Gasteiger partial charge < -0.3 is 14.8 Å². The summed E-state index contributed by atoms with van der Waals surface area (Å²) in [5.41, 5.74) is 2.56. The summed E-state index contributed by atoms with van der Waals surface area (Å²) in [6.07, 6.45) is 0.931. The average molecular weight is 565 g/mol.